The molecule has 1 aromatic rings. The first-order valence-electron chi connectivity index (χ1n) is 3.83. The maximum atomic E-state index is 10.9. The zero-order chi connectivity index (χ0) is 9.84. The molecule has 5 heteroatoms. The number of hydrogen-bond acceptors (Lipinski definition) is 4. The van der Waals surface area contributed by atoms with Crippen LogP contribution in [0.1, 0.15) is 17.3 Å². The molecule has 0 atom stereocenters. The number of carbonyl (C=O) groups is 1. The van der Waals surface area contributed by atoms with Crippen molar-refractivity contribution >= 4 is 23.4 Å². The summed E-state index contributed by atoms with van der Waals surface area (Å²) in [5, 5.41) is 0.769. The number of primary amides is 1. The van der Waals surface area contributed by atoms with Crippen molar-refractivity contribution in [3.63, 3.8) is 0 Å². The second kappa shape index (κ2) is 4.13. The number of thioether (sulfide) groups is 1. The van der Waals surface area contributed by atoms with Crippen molar-refractivity contribution in [2.45, 2.75) is 11.9 Å². The number of aromatic nitrogens is 1. The highest BCUT2D eigenvalue weighted by Crippen LogP contribution is 2.19. The van der Waals surface area contributed by atoms with Crippen LogP contribution in [-0.4, -0.2) is 16.6 Å². The molecule has 0 radical (unpaired) electrons. The highest BCUT2D eigenvalue weighted by atomic mass is 32.2. The summed E-state index contributed by atoms with van der Waals surface area (Å²) in [5.74, 6) is 0.382. The molecule has 4 nitrogen and oxygen atoms in total. The minimum Gasteiger partial charge on any atom is -0.397 e. The van der Waals surface area contributed by atoms with Gasteiger partial charge in [0.05, 0.1) is 22.5 Å². The Labute approximate surface area is 80.7 Å². The standard InChI is InChI=1S/C8H11N3OS/c1-2-13-7-3-5(8(10)12)6(9)4-11-7/h3-4H,2,9H2,1H3,(H2,10,12). The lowest BCUT2D eigenvalue weighted by Crippen LogP contribution is -2.13. The second-order valence-corrected chi connectivity index (χ2v) is 3.69. The van der Waals surface area contributed by atoms with Gasteiger partial charge in [-0.3, -0.25) is 4.79 Å². The third kappa shape index (κ3) is 2.35. The van der Waals surface area contributed by atoms with Crippen LogP contribution >= 0.6 is 11.8 Å². The van der Waals surface area contributed by atoms with E-state index in [1.807, 2.05) is 6.92 Å². The van der Waals surface area contributed by atoms with Gasteiger partial charge < -0.3 is 11.5 Å². The normalized spacial score (nSPS) is 9.92. The van der Waals surface area contributed by atoms with Crippen LogP contribution in [-0.2, 0) is 0 Å². The maximum absolute atomic E-state index is 10.9. The molecule has 13 heavy (non-hydrogen) atoms. The average molecular weight is 197 g/mol. The third-order valence-electron chi connectivity index (χ3n) is 1.47. The van der Waals surface area contributed by atoms with E-state index in [4.69, 9.17) is 11.5 Å². The highest BCUT2D eigenvalue weighted by molar-refractivity contribution is 7.99. The summed E-state index contributed by atoms with van der Waals surface area (Å²) in [6.07, 6.45) is 1.46. The molecule has 0 bridgehead atoms. The highest BCUT2D eigenvalue weighted by Gasteiger charge is 2.07. The summed E-state index contributed by atoms with van der Waals surface area (Å²) in [4.78, 5) is 14.9. The Hall–Kier alpha value is -1.23. The maximum Gasteiger partial charge on any atom is 0.250 e. The summed E-state index contributed by atoms with van der Waals surface area (Å²) in [5.41, 5.74) is 11.3. The van der Waals surface area contributed by atoms with Gasteiger partial charge in [-0.25, -0.2) is 4.98 Å². The van der Waals surface area contributed by atoms with Gasteiger partial charge in [0, 0.05) is 0 Å². The van der Waals surface area contributed by atoms with Gasteiger partial charge in [-0.2, -0.15) is 0 Å². The van der Waals surface area contributed by atoms with Gasteiger partial charge >= 0.3 is 0 Å². The Morgan fingerprint density at radius 2 is 2.38 bits per heavy atom. The zero-order valence-electron chi connectivity index (χ0n) is 7.28. The number of pyridine rings is 1. The molecule has 70 valence electrons. The van der Waals surface area contributed by atoms with Gasteiger partial charge in [-0.15, -0.1) is 11.8 Å². The first-order valence-corrected chi connectivity index (χ1v) is 4.81. The zero-order valence-corrected chi connectivity index (χ0v) is 8.10. The van der Waals surface area contributed by atoms with Crippen LogP contribution < -0.4 is 11.5 Å². The third-order valence-corrected chi connectivity index (χ3v) is 2.28. The molecule has 0 unspecified atom stereocenters. The van der Waals surface area contributed by atoms with Crippen molar-refractivity contribution < 1.29 is 4.79 Å². The Morgan fingerprint density at radius 1 is 1.69 bits per heavy atom. The summed E-state index contributed by atoms with van der Waals surface area (Å²) >= 11 is 1.54. The SMILES string of the molecule is CCSc1cc(C(N)=O)c(N)cn1. The van der Waals surface area contributed by atoms with Crippen LogP contribution in [0.2, 0.25) is 0 Å². The lowest BCUT2D eigenvalue weighted by atomic mass is 10.2. The van der Waals surface area contributed by atoms with Gasteiger partial charge in [-0.1, -0.05) is 6.92 Å². The largest absolute Gasteiger partial charge is 0.397 e. The van der Waals surface area contributed by atoms with Crippen LogP contribution in [0.15, 0.2) is 17.3 Å². The molecular weight excluding hydrogens is 186 g/mol. The first-order chi connectivity index (χ1) is 6.15. The Bertz CT molecular complexity index is 327. The van der Waals surface area contributed by atoms with E-state index in [0.717, 1.165) is 10.8 Å². The number of carbonyl (C=O) groups excluding carboxylic acids is 1. The Balaban J connectivity index is 3.04. The monoisotopic (exact) mass is 197 g/mol. The van der Waals surface area contributed by atoms with E-state index in [2.05, 4.69) is 4.98 Å². The average Bonchev–Trinajstić information content (AvgIpc) is 2.08. The van der Waals surface area contributed by atoms with Gasteiger partial charge in [0.2, 0.25) is 0 Å². The van der Waals surface area contributed by atoms with Gasteiger partial charge in [0.15, 0.2) is 0 Å². The molecule has 1 heterocycles. The summed E-state index contributed by atoms with van der Waals surface area (Å²) in [6.45, 7) is 2.01. The van der Waals surface area contributed by atoms with E-state index >= 15 is 0 Å². The molecule has 1 rings (SSSR count). The van der Waals surface area contributed by atoms with Crippen molar-refractivity contribution in [3.05, 3.63) is 17.8 Å². The van der Waals surface area contributed by atoms with Gasteiger partial charge in [0.1, 0.15) is 0 Å². The summed E-state index contributed by atoms with van der Waals surface area (Å²) < 4.78 is 0. The molecule has 1 aromatic heterocycles. The fourth-order valence-corrected chi connectivity index (χ4v) is 1.51. The number of rotatable bonds is 3. The van der Waals surface area contributed by atoms with Crippen LogP contribution in [0.5, 0.6) is 0 Å². The molecule has 0 aliphatic heterocycles. The molecule has 0 aliphatic carbocycles. The van der Waals surface area contributed by atoms with E-state index in [-0.39, 0.29) is 0 Å². The van der Waals surface area contributed by atoms with Crippen LogP contribution in [0.4, 0.5) is 5.69 Å². The first kappa shape index (κ1) is 9.85. The molecule has 0 spiro atoms. The van der Waals surface area contributed by atoms with Crippen LogP contribution in [0, 0.1) is 0 Å². The van der Waals surface area contributed by atoms with Crippen molar-refractivity contribution in [1.29, 1.82) is 0 Å². The fourth-order valence-electron chi connectivity index (χ4n) is 0.887. The number of nitrogens with zero attached hydrogens (tertiary/aromatic N) is 1. The number of nitrogens with two attached hydrogens (primary N) is 2. The van der Waals surface area contributed by atoms with Crippen molar-refractivity contribution in [2.75, 3.05) is 11.5 Å². The predicted molar refractivity (Wildman–Crippen MR) is 53.6 cm³/mol. The number of nitrogen functional groups attached to an aromatic ring is 1. The lowest BCUT2D eigenvalue weighted by Gasteiger charge is -2.02. The Morgan fingerprint density at radius 3 is 2.92 bits per heavy atom. The van der Waals surface area contributed by atoms with Crippen molar-refractivity contribution in [3.8, 4) is 0 Å². The summed E-state index contributed by atoms with van der Waals surface area (Å²) in [7, 11) is 0. The van der Waals surface area contributed by atoms with E-state index < -0.39 is 5.91 Å². The topological polar surface area (TPSA) is 82.0 Å². The van der Waals surface area contributed by atoms with E-state index in [1.54, 1.807) is 17.8 Å². The molecule has 1 amide bonds. The minimum absolute atomic E-state index is 0.327. The van der Waals surface area contributed by atoms with E-state index in [0.29, 0.717) is 11.3 Å². The van der Waals surface area contributed by atoms with Crippen molar-refractivity contribution in [1.82, 2.24) is 4.98 Å². The molecule has 4 N–H and O–H groups in total. The van der Waals surface area contributed by atoms with Gasteiger partial charge in [-0.05, 0) is 11.8 Å². The molecule has 0 fully saturated rings. The van der Waals surface area contributed by atoms with Gasteiger partial charge in [0.25, 0.3) is 5.91 Å². The summed E-state index contributed by atoms with van der Waals surface area (Å²) in [6, 6.07) is 1.62. The number of amides is 1. The van der Waals surface area contributed by atoms with Crippen molar-refractivity contribution in [2.24, 2.45) is 5.73 Å². The minimum atomic E-state index is -0.516. The smallest absolute Gasteiger partial charge is 0.250 e. The quantitative estimate of drug-likeness (QED) is 0.704. The predicted octanol–water partition coefficient (Wildman–Crippen LogP) is 0.875. The molecule has 0 aliphatic rings. The van der Waals surface area contributed by atoms with Crippen LogP contribution in [0.25, 0.3) is 0 Å². The molecular formula is C8H11N3OS. The van der Waals surface area contributed by atoms with Crippen LogP contribution in [0.3, 0.4) is 0 Å². The fraction of sp³-hybridized carbons (Fsp3) is 0.250. The Kier molecular flexibility index (Phi) is 3.13. The number of anilines is 1. The van der Waals surface area contributed by atoms with E-state index in [9.17, 15) is 4.79 Å². The van der Waals surface area contributed by atoms with E-state index in [1.165, 1.54) is 6.20 Å². The number of hydrogen-bond donors (Lipinski definition) is 2. The molecule has 0 aromatic carbocycles. The molecule has 0 saturated heterocycles. The molecule has 0 saturated carbocycles. The second-order valence-electron chi connectivity index (χ2n) is 2.41. The lowest BCUT2D eigenvalue weighted by molar-refractivity contribution is 0.100.